The zero-order valence-corrected chi connectivity index (χ0v) is 28.4. The van der Waals surface area contributed by atoms with Crippen molar-refractivity contribution in [1.29, 1.82) is 0 Å². The summed E-state index contributed by atoms with van der Waals surface area (Å²) in [4.78, 5) is 44.5. The lowest BCUT2D eigenvalue weighted by Gasteiger charge is -2.24. The molecule has 3 N–H and O–H groups in total. The lowest BCUT2D eigenvalue weighted by Crippen LogP contribution is -2.40. The van der Waals surface area contributed by atoms with Crippen LogP contribution in [0.3, 0.4) is 0 Å². The number of rotatable bonds is 11. The Morgan fingerprint density at radius 2 is 1.73 bits per heavy atom. The Kier molecular flexibility index (Phi) is 10.4. The fraction of sp³-hybridized carbons (Fsp3) is 0.351. The summed E-state index contributed by atoms with van der Waals surface area (Å²) in [5.74, 6) is 1.45. The second kappa shape index (κ2) is 14.6. The molecule has 11 heteroatoms. The number of methoxy groups -OCH3 is 4. The van der Waals surface area contributed by atoms with Gasteiger partial charge in [0, 0.05) is 23.9 Å². The van der Waals surface area contributed by atoms with Crippen LogP contribution in [0, 0.1) is 5.92 Å². The average Bonchev–Trinajstić information content (AvgIpc) is 3.33. The van der Waals surface area contributed by atoms with Gasteiger partial charge >= 0.3 is 0 Å². The van der Waals surface area contributed by atoms with Gasteiger partial charge in [-0.15, -0.1) is 0 Å². The van der Waals surface area contributed by atoms with E-state index in [1.807, 2.05) is 50.2 Å². The van der Waals surface area contributed by atoms with Gasteiger partial charge in [0.05, 0.1) is 57.6 Å². The van der Waals surface area contributed by atoms with Crippen molar-refractivity contribution >= 4 is 34.1 Å². The number of amides is 2. The molecular weight excluding hydrogens is 612 g/mol. The molecule has 4 aromatic rings. The zero-order chi connectivity index (χ0) is 34.5. The molecule has 48 heavy (non-hydrogen) atoms. The van der Waals surface area contributed by atoms with Gasteiger partial charge in [0.15, 0.2) is 11.5 Å². The van der Waals surface area contributed by atoms with E-state index < -0.39 is 12.1 Å². The lowest BCUT2D eigenvalue weighted by atomic mass is 9.95. The predicted molar refractivity (Wildman–Crippen MR) is 186 cm³/mol. The summed E-state index contributed by atoms with van der Waals surface area (Å²) in [6, 6.07) is 13.2. The molecule has 0 saturated heterocycles. The van der Waals surface area contributed by atoms with Crippen LogP contribution in [0.15, 0.2) is 59.5 Å². The number of nitrogens with one attached hydrogen (secondary N) is 3. The van der Waals surface area contributed by atoms with Crippen molar-refractivity contribution in [2.45, 2.75) is 52.1 Å². The van der Waals surface area contributed by atoms with Crippen molar-refractivity contribution in [3.63, 3.8) is 0 Å². The van der Waals surface area contributed by atoms with E-state index in [9.17, 15) is 14.4 Å². The number of ether oxygens (including phenoxy) is 4. The van der Waals surface area contributed by atoms with Crippen LogP contribution < -0.4 is 40.3 Å². The Morgan fingerprint density at radius 1 is 0.958 bits per heavy atom. The van der Waals surface area contributed by atoms with E-state index in [4.69, 9.17) is 18.9 Å². The van der Waals surface area contributed by atoms with Crippen LogP contribution in [-0.2, 0) is 16.0 Å². The van der Waals surface area contributed by atoms with Crippen LogP contribution in [-0.4, -0.2) is 51.3 Å². The van der Waals surface area contributed by atoms with Crippen molar-refractivity contribution in [2.24, 2.45) is 5.92 Å². The Morgan fingerprint density at radius 3 is 2.40 bits per heavy atom. The first-order chi connectivity index (χ1) is 23.1. The Balaban J connectivity index is 1.57. The Bertz CT molecular complexity index is 1910. The quantitative estimate of drug-likeness (QED) is 0.181. The van der Waals surface area contributed by atoms with Gasteiger partial charge < -0.3 is 34.9 Å². The van der Waals surface area contributed by atoms with Gasteiger partial charge in [-0.1, -0.05) is 26.3 Å². The third-order valence-electron chi connectivity index (χ3n) is 8.88. The first kappa shape index (κ1) is 34.0. The third kappa shape index (κ3) is 6.85. The number of aromatic nitrogens is 1. The second-order valence-electron chi connectivity index (χ2n) is 11.9. The van der Waals surface area contributed by atoms with E-state index in [1.54, 1.807) is 40.7 Å². The number of anilines is 2. The van der Waals surface area contributed by atoms with Crippen LogP contribution in [0.2, 0.25) is 0 Å². The largest absolute Gasteiger partial charge is 0.497 e. The van der Waals surface area contributed by atoms with Gasteiger partial charge in [-0.3, -0.25) is 19.4 Å². The highest BCUT2D eigenvalue weighted by Gasteiger charge is 2.30. The standard InChI is InChI=1S/C37H42N4O7/c1-8-20(2)34(37(44)40-24-15-22-9-11-25(45-4)17-30(22)38-19-24)41-29-14-12-26-27(18-31(29)43)28(39-21(3)42)13-10-23-16-32(46-5)35(47-6)36(48-7)33(23)26/h9,11-12,14-20,28,34H,8,10,13H2,1-7H3,(H,39,42)(H,40,44)(H,41,43)/t20-,28+,34+/m1/s1. The summed E-state index contributed by atoms with van der Waals surface area (Å²) in [6.07, 6.45) is 3.40. The van der Waals surface area contributed by atoms with Crippen molar-refractivity contribution in [3.05, 3.63) is 76.1 Å². The highest BCUT2D eigenvalue weighted by Crippen LogP contribution is 2.50. The fourth-order valence-corrected chi connectivity index (χ4v) is 6.21. The fourth-order valence-electron chi connectivity index (χ4n) is 6.21. The molecule has 1 aliphatic rings. The second-order valence-corrected chi connectivity index (χ2v) is 11.9. The zero-order valence-electron chi connectivity index (χ0n) is 28.4. The summed E-state index contributed by atoms with van der Waals surface area (Å²) >= 11 is 0. The van der Waals surface area contributed by atoms with Crippen LogP contribution in [0.5, 0.6) is 23.0 Å². The van der Waals surface area contributed by atoms with Gasteiger partial charge in [-0.2, -0.15) is 0 Å². The predicted octanol–water partition coefficient (Wildman–Crippen LogP) is 5.89. The van der Waals surface area contributed by atoms with Crippen molar-refractivity contribution in [2.75, 3.05) is 39.1 Å². The van der Waals surface area contributed by atoms with Crippen molar-refractivity contribution < 1.29 is 28.5 Å². The molecule has 252 valence electrons. The highest BCUT2D eigenvalue weighted by molar-refractivity contribution is 5.98. The number of aryl methyl sites for hydroxylation is 1. The molecular formula is C37H42N4O7. The molecule has 1 aliphatic carbocycles. The smallest absolute Gasteiger partial charge is 0.247 e. The Labute approximate surface area is 280 Å². The van der Waals surface area contributed by atoms with E-state index in [0.717, 1.165) is 22.0 Å². The third-order valence-corrected chi connectivity index (χ3v) is 8.88. The number of fused-ring (bicyclic) bond motifs is 4. The summed E-state index contributed by atoms with van der Waals surface area (Å²) in [5.41, 5.74) is 4.20. The highest BCUT2D eigenvalue weighted by atomic mass is 16.5. The normalized spacial score (nSPS) is 14.8. The summed E-state index contributed by atoms with van der Waals surface area (Å²) < 4.78 is 22.5. The maximum absolute atomic E-state index is 13.9. The monoisotopic (exact) mass is 654 g/mol. The molecule has 0 unspecified atom stereocenters. The SMILES string of the molecule is CC[C@@H](C)[C@H](Nc1ccc2c(cc1=O)[C@@H](NC(C)=O)CCc1cc(OC)c(OC)c(OC)c1-2)C(=O)Nc1cnc2cc(OC)ccc2c1. The van der Waals surface area contributed by atoms with Gasteiger partial charge in [0.25, 0.3) is 0 Å². The van der Waals surface area contributed by atoms with Gasteiger partial charge in [0.2, 0.25) is 23.0 Å². The molecule has 1 aromatic heterocycles. The van der Waals surface area contributed by atoms with E-state index in [-0.39, 0.29) is 28.8 Å². The molecule has 11 nitrogen and oxygen atoms in total. The van der Waals surface area contributed by atoms with Crippen LogP contribution in [0.25, 0.3) is 22.0 Å². The average molecular weight is 655 g/mol. The van der Waals surface area contributed by atoms with Gasteiger partial charge in [-0.05, 0) is 71.8 Å². The lowest BCUT2D eigenvalue weighted by molar-refractivity contribution is -0.120. The van der Waals surface area contributed by atoms with Crippen molar-refractivity contribution in [3.8, 4) is 34.1 Å². The first-order valence-electron chi connectivity index (χ1n) is 15.9. The maximum Gasteiger partial charge on any atom is 0.247 e. The topological polar surface area (TPSA) is 137 Å². The molecule has 5 rings (SSSR count). The molecule has 0 bridgehead atoms. The molecule has 0 saturated carbocycles. The number of hydrogen-bond donors (Lipinski definition) is 3. The minimum absolute atomic E-state index is 0.130. The molecule has 3 aromatic carbocycles. The van der Waals surface area contributed by atoms with Crippen molar-refractivity contribution in [1.82, 2.24) is 10.3 Å². The Hall–Kier alpha value is -5.32. The minimum atomic E-state index is -0.742. The molecule has 0 aliphatic heterocycles. The molecule has 0 spiro atoms. The number of carbonyl (C=O) groups is 2. The number of pyridine rings is 1. The number of hydrogen-bond acceptors (Lipinski definition) is 9. The number of benzene rings is 2. The first-order valence-corrected chi connectivity index (χ1v) is 15.9. The van der Waals surface area contributed by atoms with E-state index in [2.05, 4.69) is 20.9 Å². The molecule has 0 fully saturated rings. The summed E-state index contributed by atoms with van der Waals surface area (Å²) in [7, 11) is 6.26. The molecule has 0 radical (unpaired) electrons. The summed E-state index contributed by atoms with van der Waals surface area (Å²) in [6.45, 7) is 5.40. The van der Waals surface area contributed by atoms with E-state index >= 15 is 0 Å². The summed E-state index contributed by atoms with van der Waals surface area (Å²) in [5, 5.41) is 10.1. The van der Waals surface area contributed by atoms with E-state index in [1.165, 1.54) is 13.0 Å². The molecule has 2 amide bonds. The van der Waals surface area contributed by atoms with Gasteiger partial charge in [0.1, 0.15) is 11.8 Å². The van der Waals surface area contributed by atoms with Crippen LogP contribution >= 0.6 is 0 Å². The number of carbonyl (C=O) groups excluding carboxylic acids is 2. The minimum Gasteiger partial charge on any atom is -0.497 e. The number of nitrogens with zero attached hydrogens (tertiary/aromatic N) is 1. The van der Waals surface area contributed by atoms with Crippen LogP contribution in [0.1, 0.15) is 50.8 Å². The van der Waals surface area contributed by atoms with E-state index in [0.29, 0.717) is 59.1 Å². The maximum atomic E-state index is 13.9. The van der Waals surface area contributed by atoms with Gasteiger partial charge in [-0.25, -0.2) is 0 Å². The van der Waals surface area contributed by atoms with Crippen LogP contribution in [0.4, 0.5) is 11.4 Å². The molecule has 3 atom stereocenters. The molecule has 1 heterocycles.